The molecule has 3 heterocycles. The van der Waals surface area contributed by atoms with Crippen LogP contribution in [0, 0.1) is 0 Å². The van der Waals surface area contributed by atoms with Crippen molar-refractivity contribution in [3.05, 3.63) is 60.2 Å². The van der Waals surface area contributed by atoms with Gasteiger partial charge < -0.3 is 19.0 Å². The highest BCUT2D eigenvalue weighted by Gasteiger charge is 2.25. The molecule has 158 valence electrons. The van der Waals surface area contributed by atoms with Crippen LogP contribution in [0.15, 0.2) is 57.7 Å². The number of nitrogens with zero attached hydrogens (tertiary/aromatic N) is 2. The third-order valence-corrected chi connectivity index (χ3v) is 5.35. The summed E-state index contributed by atoms with van der Waals surface area (Å²) >= 11 is 0. The van der Waals surface area contributed by atoms with Crippen LogP contribution in [0.1, 0.15) is 48.5 Å². The first-order valence-corrected chi connectivity index (χ1v) is 10.5. The first kappa shape index (κ1) is 20.2. The molecule has 1 aliphatic rings. The summed E-state index contributed by atoms with van der Waals surface area (Å²) in [4.78, 5) is 15.1. The maximum absolute atomic E-state index is 12.7. The summed E-state index contributed by atoms with van der Waals surface area (Å²) < 4.78 is 16.5. The molecule has 4 rings (SSSR count). The summed E-state index contributed by atoms with van der Waals surface area (Å²) in [5, 5.41) is 6.94. The number of aromatic nitrogens is 1. The van der Waals surface area contributed by atoms with Crippen molar-refractivity contribution in [3.8, 4) is 17.1 Å². The van der Waals surface area contributed by atoms with Gasteiger partial charge in [0.05, 0.1) is 18.9 Å². The quantitative estimate of drug-likeness (QED) is 0.598. The van der Waals surface area contributed by atoms with E-state index < -0.39 is 0 Å². The zero-order valence-electron chi connectivity index (χ0n) is 17.2. The van der Waals surface area contributed by atoms with Crippen LogP contribution in [0.25, 0.3) is 11.3 Å². The Bertz CT molecular complexity index is 928. The third-order valence-electron chi connectivity index (χ3n) is 5.35. The Morgan fingerprint density at radius 3 is 2.70 bits per heavy atom. The molecule has 7 heteroatoms. The van der Waals surface area contributed by atoms with Gasteiger partial charge in [0.15, 0.2) is 11.5 Å². The SMILES string of the molecule is CCOc1ccc(-c2cc(C(=O)NC[C@@H](c3ccco3)N3CCCCC3)no2)cc1. The Hall–Kier alpha value is -3.06. The van der Waals surface area contributed by atoms with Gasteiger partial charge in [-0.3, -0.25) is 9.69 Å². The number of rotatable bonds is 8. The van der Waals surface area contributed by atoms with Crippen molar-refractivity contribution < 1.29 is 18.5 Å². The minimum Gasteiger partial charge on any atom is -0.494 e. The molecule has 30 heavy (non-hydrogen) atoms. The number of furan rings is 1. The van der Waals surface area contributed by atoms with E-state index in [0.717, 1.165) is 30.2 Å². The summed E-state index contributed by atoms with van der Waals surface area (Å²) in [6, 6.07) is 13.0. The Morgan fingerprint density at radius 1 is 1.20 bits per heavy atom. The summed E-state index contributed by atoms with van der Waals surface area (Å²) in [5.74, 6) is 1.94. The molecular weight excluding hydrogens is 382 g/mol. The molecular formula is C23H27N3O4. The zero-order chi connectivity index (χ0) is 20.8. The second kappa shape index (κ2) is 9.63. The summed E-state index contributed by atoms with van der Waals surface area (Å²) in [5.41, 5.74) is 1.10. The maximum atomic E-state index is 12.7. The van der Waals surface area contributed by atoms with Gasteiger partial charge in [-0.25, -0.2) is 0 Å². The van der Waals surface area contributed by atoms with E-state index in [1.807, 2.05) is 43.3 Å². The van der Waals surface area contributed by atoms with Gasteiger partial charge in [0, 0.05) is 18.2 Å². The van der Waals surface area contributed by atoms with Gasteiger partial charge in [-0.05, 0) is 69.3 Å². The predicted octanol–water partition coefficient (Wildman–Crippen LogP) is 4.29. The Labute approximate surface area is 176 Å². The van der Waals surface area contributed by atoms with Gasteiger partial charge in [0.25, 0.3) is 5.91 Å². The van der Waals surface area contributed by atoms with Crippen molar-refractivity contribution in [2.45, 2.75) is 32.2 Å². The lowest BCUT2D eigenvalue weighted by Gasteiger charge is -2.33. The molecule has 1 aromatic carbocycles. The van der Waals surface area contributed by atoms with Crippen LogP contribution in [0.2, 0.25) is 0 Å². The lowest BCUT2D eigenvalue weighted by Crippen LogP contribution is -2.40. The lowest BCUT2D eigenvalue weighted by molar-refractivity contribution is 0.0905. The molecule has 2 aromatic heterocycles. The molecule has 3 aromatic rings. The zero-order valence-corrected chi connectivity index (χ0v) is 17.2. The van der Waals surface area contributed by atoms with E-state index in [-0.39, 0.29) is 17.6 Å². The molecule has 0 bridgehead atoms. The van der Waals surface area contributed by atoms with Crippen LogP contribution in [-0.4, -0.2) is 42.2 Å². The summed E-state index contributed by atoms with van der Waals surface area (Å²) in [6.07, 6.45) is 5.26. The third kappa shape index (κ3) is 4.74. The lowest BCUT2D eigenvalue weighted by atomic mass is 10.1. The van der Waals surface area contributed by atoms with E-state index in [1.165, 1.54) is 19.3 Å². The number of piperidine rings is 1. The highest BCUT2D eigenvalue weighted by atomic mass is 16.5. The van der Waals surface area contributed by atoms with Gasteiger partial charge in [0.1, 0.15) is 11.5 Å². The monoisotopic (exact) mass is 409 g/mol. The summed E-state index contributed by atoms with van der Waals surface area (Å²) in [7, 11) is 0. The molecule has 1 amide bonds. The first-order chi connectivity index (χ1) is 14.7. The van der Waals surface area contributed by atoms with E-state index in [9.17, 15) is 4.79 Å². The molecule has 0 saturated carbocycles. The fourth-order valence-electron chi connectivity index (χ4n) is 3.80. The number of carbonyl (C=O) groups excluding carboxylic acids is 1. The number of hydrogen-bond donors (Lipinski definition) is 1. The van der Waals surface area contributed by atoms with Crippen LogP contribution in [0.3, 0.4) is 0 Å². The predicted molar refractivity (Wildman–Crippen MR) is 112 cm³/mol. The summed E-state index contributed by atoms with van der Waals surface area (Å²) in [6.45, 7) is 5.02. The number of carbonyl (C=O) groups is 1. The topological polar surface area (TPSA) is 80.7 Å². The van der Waals surface area contributed by atoms with Crippen LogP contribution in [-0.2, 0) is 0 Å². The fraction of sp³-hybridized carbons (Fsp3) is 0.391. The highest BCUT2D eigenvalue weighted by molar-refractivity contribution is 5.93. The number of hydrogen-bond acceptors (Lipinski definition) is 6. The van der Waals surface area contributed by atoms with E-state index in [4.69, 9.17) is 13.7 Å². The van der Waals surface area contributed by atoms with Crippen LogP contribution in [0.4, 0.5) is 0 Å². The van der Waals surface area contributed by atoms with Crippen molar-refractivity contribution in [1.29, 1.82) is 0 Å². The Balaban J connectivity index is 1.40. The Morgan fingerprint density at radius 2 is 2.00 bits per heavy atom. The first-order valence-electron chi connectivity index (χ1n) is 10.5. The van der Waals surface area contributed by atoms with Crippen molar-refractivity contribution >= 4 is 5.91 Å². The van der Waals surface area contributed by atoms with Gasteiger partial charge >= 0.3 is 0 Å². The van der Waals surface area contributed by atoms with E-state index >= 15 is 0 Å². The second-order valence-corrected chi connectivity index (χ2v) is 7.37. The molecule has 1 fully saturated rings. The smallest absolute Gasteiger partial charge is 0.273 e. The van der Waals surface area contributed by atoms with Gasteiger partial charge in [-0.2, -0.15) is 0 Å². The normalized spacial score (nSPS) is 15.6. The molecule has 0 aliphatic carbocycles. The molecule has 0 unspecified atom stereocenters. The second-order valence-electron chi connectivity index (χ2n) is 7.37. The highest BCUT2D eigenvalue weighted by Crippen LogP contribution is 2.25. The molecule has 1 N–H and O–H groups in total. The minimum atomic E-state index is -0.260. The maximum Gasteiger partial charge on any atom is 0.273 e. The largest absolute Gasteiger partial charge is 0.494 e. The van der Waals surface area contributed by atoms with Crippen molar-refractivity contribution in [3.63, 3.8) is 0 Å². The van der Waals surface area contributed by atoms with E-state index in [0.29, 0.717) is 18.9 Å². The number of nitrogens with one attached hydrogen (secondary N) is 1. The van der Waals surface area contributed by atoms with Crippen LogP contribution < -0.4 is 10.1 Å². The van der Waals surface area contributed by atoms with Crippen LogP contribution in [0.5, 0.6) is 5.75 Å². The van der Waals surface area contributed by atoms with E-state index in [2.05, 4.69) is 15.4 Å². The molecule has 1 aliphatic heterocycles. The minimum absolute atomic E-state index is 0.0155. The van der Waals surface area contributed by atoms with E-state index in [1.54, 1.807) is 12.3 Å². The molecule has 1 atom stereocenters. The van der Waals surface area contributed by atoms with Gasteiger partial charge in [-0.15, -0.1) is 0 Å². The average Bonchev–Trinajstić information content (AvgIpc) is 3.48. The molecule has 7 nitrogen and oxygen atoms in total. The van der Waals surface area contributed by atoms with Crippen molar-refractivity contribution in [1.82, 2.24) is 15.4 Å². The number of ether oxygens (including phenoxy) is 1. The standard InChI is InChI=1S/C23H27N3O4/c1-2-28-18-10-8-17(9-11-18)22-15-19(25-30-22)23(27)24-16-20(21-7-6-14-29-21)26-12-4-3-5-13-26/h6-11,14-15,20H,2-5,12-13,16H2,1H3,(H,24,27)/t20-/m0/s1. The average molecular weight is 409 g/mol. The molecule has 0 radical (unpaired) electrons. The Kier molecular flexibility index (Phi) is 6.49. The van der Waals surface area contributed by atoms with Crippen molar-refractivity contribution in [2.24, 2.45) is 0 Å². The molecule has 1 saturated heterocycles. The van der Waals surface area contributed by atoms with Gasteiger partial charge in [0.2, 0.25) is 0 Å². The van der Waals surface area contributed by atoms with Crippen LogP contribution >= 0.6 is 0 Å². The van der Waals surface area contributed by atoms with Gasteiger partial charge in [-0.1, -0.05) is 11.6 Å². The fourth-order valence-corrected chi connectivity index (χ4v) is 3.80. The number of amides is 1. The van der Waals surface area contributed by atoms with Crippen molar-refractivity contribution in [2.75, 3.05) is 26.2 Å². The number of likely N-dealkylation sites (tertiary alicyclic amines) is 1. The molecule has 0 spiro atoms. The number of benzene rings is 1.